The average Bonchev–Trinajstić information content (AvgIpc) is 1.85. The van der Waals surface area contributed by atoms with Crippen LogP contribution in [0.1, 0.15) is 6.42 Å². The molecule has 0 spiro atoms. The summed E-state index contributed by atoms with van der Waals surface area (Å²) in [5, 5.41) is 16.8. The summed E-state index contributed by atoms with van der Waals surface area (Å²) in [5.74, 6) is 0. The first kappa shape index (κ1) is 13.0. The highest BCUT2D eigenvalue weighted by molar-refractivity contribution is 8.93. The standard InChI is InChI=1S/C6H15NO2.BrH/c1-7(4-6-9)3-2-5-8;/h8-9H,2-6H2,1H3;1H. The van der Waals surface area contributed by atoms with Gasteiger partial charge in [0.15, 0.2) is 0 Å². The molecule has 0 bridgehead atoms. The van der Waals surface area contributed by atoms with Gasteiger partial charge in [0.05, 0.1) is 6.61 Å². The van der Waals surface area contributed by atoms with E-state index in [0.717, 1.165) is 13.0 Å². The van der Waals surface area contributed by atoms with Crippen molar-refractivity contribution in [1.82, 2.24) is 4.90 Å². The summed E-state index contributed by atoms with van der Waals surface area (Å²) < 4.78 is 0. The minimum Gasteiger partial charge on any atom is -0.396 e. The van der Waals surface area contributed by atoms with Crippen LogP contribution in [0.3, 0.4) is 0 Å². The van der Waals surface area contributed by atoms with E-state index < -0.39 is 0 Å². The Morgan fingerprint density at radius 3 is 2.10 bits per heavy atom. The normalized spacial score (nSPS) is 9.60. The van der Waals surface area contributed by atoms with Gasteiger partial charge < -0.3 is 15.1 Å². The second-order valence-corrected chi connectivity index (χ2v) is 2.10. The predicted molar refractivity (Wildman–Crippen MR) is 46.6 cm³/mol. The quantitative estimate of drug-likeness (QED) is 0.670. The maximum Gasteiger partial charge on any atom is 0.0558 e. The van der Waals surface area contributed by atoms with Crippen molar-refractivity contribution in [3.63, 3.8) is 0 Å². The minimum absolute atomic E-state index is 0. The number of halogens is 1. The van der Waals surface area contributed by atoms with Gasteiger partial charge in [0.2, 0.25) is 0 Å². The number of hydrogen-bond acceptors (Lipinski definition) is 3. The molecule has 64 valence electrons. The molecule has 0 fully saturated rings. The molecule has 0 aliphatic heterocycles. The van der Waals surface area contributed by atoms with E-state index in [9.17, 15) is 0 Å². The van der Waals surface area contributed by atoms with Crippen LogP contribution in [0.4, 0.5) is 0 Å². The molecular formula is C6H16BrNO2. The van der Waals surface area contributed by atoms with Crippen molar-refractivity contribution in [2.75, 3.05) is 33.4 Å². The smallest absolute Gasteiger partial charge is 0.0558 e. The molecule has 0 aliphatic rings. The number of aliphatic hydroxyl groups excluding tert-OH is 2. The Kier molecular flexibility index (Phi) is 12.2. The van der Waals surface area contributed by atoms with Crippen molar-refractivity contribution in [2.24, 2.45) is 0 Å². The van der Waals surface area contributed by atoms with Crippen molar-refractivity contribution in [3.8, 4) is 0 Å². The van der Waals surface area contributed by atoms with Crippen LogP contribution in [0.2, 0.25) is 0 Å². The summed E-state index contributed by atoms with van der Waals surface area (Å²) in [5.41, 5.74) is 0. The van der Waals surface area contributed by atoms with E-state index in [1.165, 1.54) is 0 Å². The van der Waals surface area contributed by atoms with E-state index in [1.54, 1.807) is 0 Å². The second-order valence-electron chi connectivity index (χ2n) is 2.10. The Morgan fingerprint density at radius 2 is 1.70 bits per heavy atom. The summed E-state index contributed by atoms with van der Waals surface area (Å²) >= 11 is 0. The number of nitrogens with zero attached hydrogens (tertiary/aromatic N) is 1. The fourth-order valence-electron chi connectivity index (χ4n) is 0.623. The Balaban J connectivity index is 0. The van der Waals surface area contributed by atoms with Crippen LogP contribution < -0.4 is 0 Å². The van der Waals surface area contributed by atoms with Gasteiger partial charge in [-0.2, -0.15) is 0 Å². The molecule has 0 amide bonds. The molecule has 2 N–H and O–H groups in total. The zero-order valence-electron chi connectivity index (χ0n) is 6.29. The molecule has 0 aliphatic carbocycles. The molecule has 0 aromatic carbocycles. The molecule has 0 radical (unpaired) electrons. The van der Waals surface area contributed by atoms with Crippen LogP contribution in [0, 0.1) is 0 Å². The molecule has 0 rings (SSSR count). The fourth-order valence-corrected chi connectivity index (χ4v) is 0.623. The first-order valence-electron chi connectivity index (χ1n) is 3.21. The van der Waals surface area contributed by atoms with E-state index in [0.29, 0.717) is 6.54 Å². The third-order valence-electron chi connectivity index (χ3n) is 1.18. The van der Waals surface area contributed by atoms with Gasteiger partial charge in [0.1, 0.15) is 0 Å². The van der Waals surface area contributed by atoms with Gasteiger partial charge in [-0.25, -0.2) is 0 Å². The Bertz CT molecular complexity index is 63.7. The fraction of sp³-hybridized carbons (Fsp3) is 1.00. The largest absolute Gasteiger partial charge is 0.396 e. The van der Waals surface area contributed by atoms with Gasteiger partial charge in [0, 0.05) is 19.7 Å². The summed E-state index contributed by atoms with van der Waals surface area (Å²) in [4.78, 5) is 1.98. The topological polar surface area (TPSA) is 43.7 Å². The lowest BCUT2D eigenvalue weighted by atomic mass is 10.4. The summed E-state index contributed by atoms with van der Waals surface area (Å²) in [7, 11) is 1.92. The lowest BCUT2D eigenvalue weighted by Gasteiger charge is -2.12. The second kappa shape index (κ2) is 9.36. The van der Waals surface area contributed by atoms with E-state index in [4.69, 9.17) is 10.2 Å². The summed E-state index contributed by atoms with van der Waals surface area (Å²) in [6, 6.07) is 0. The monoisotopic (exact) mass is 213 g/mol. The Hall–Kier alpha value is 0.360. The van der Waals surface area contributed by atoms with Crippen molar-refractivity contribution >= 4 is 17.0 Å². The molecule has 10 heavy (non-hydrogen) atoms. The van der Waals surface area contributed by atoms with E-state index in [1.807, 2.05) is 11.9 Å². The number of rotatable bonds is 5. The van der Waals surface area contributed by atoms with E-state index in [-0.39, 0.29) is 30.2 Å². The molecule has 0 atom stereocenters. The average molecular weight is 214 g/mol. The predicted octanol–water partition coefficient (Wildman–Crippen LogP) is -0.129. The molecule has 0 aromatic rings. The molecule has 0 heterocycles. The summed E-state index contributed by atoms with van der Waals surface area (Å²) in [6.45, 7) is 1.98. The van der Waals surface area contributed by atoms with E-state index in [2.05, 4.69) is 0 Å². The highest BCUT2D eigenvalue weighted by atomic mass is 79.9. The maximum absolute atomic E-state index is 8.43. The number of hydrogen-bond donors (Lipinski definition) is 2. The highest BCUT2D eigenvalue weighted by Crippen LogP contribution is 1.83. The first-order valence-corrected chi connectivity index (χ1v) is 3.21. The van der Waals surface area contributed by atoms with Gasteiger partial charge in [0.25, 0.3) is 0 Å². The van der Waals surface area contributed by atoms with Crippen molar-refractivity contribution in [1.29, 1.82) is 0 Å². The van der Waals surface area contributed by atoms with Crippen LogP contribution in [-0.2, 0) is 0 Å². The molecule has 0 saturated heterocycles. The first-order chi connectivity index (χ1) is 4.31. The van der Waals surface area contributed by atoms with E-state index >= 15 is 0 Å². The van der Waals surface area contributed by atoms with Crippen LogP contribution >= 0.6 is 17.0 Å². The van der Waals surface area contributed by atoms with Crippen LogP contribution in [0.25, 0.3) is 0 Å². The molecular weight excluding hydrogens is 198 g/mol. The van der Waals surface area contributed by atoms with Crippen LogP contribution in [0.5, 0.6) is 0 Å². The number of likely N-dealkylation sites (N-methyl/N-ethyl adjacent to an activating group) is 1. The Labute approximate surface area is 72.4 Å². The molecule has 0 aromatic heterocycles. The third kappa shape index (κ3) is 8.36. The zero-order valence-corrected chi connectivity index (χ0v) is 8.00. The Morgan fingerprint density at radius 1 is 1.10 bits per heavy atom. The van der Waals surface area contributed by atoms with Gasteiger partial charge in [-0.15, -0.1) is 17.0 Å². The van der Waals surface area contributed by atoms with Crippen LogP contribution in [-0.4, -0.2) is 48.5 Å². The van der Waals surface area contributed by atoms with Crippen molar-refractivity contribution in [3.05, 3.63) is 0 Å². The minimum atomic E-state index is 0. The SMILES string of the molecule is Br.CN(CCO)CCCO. The van der Waals surface area contributed by atoms with Gasteiger partial charge >= 0.3 is 0 Å². The third-order valence-corrected chi connectivity index (χ3v) is 1.18. The van der Waals surface area contributed by atoms with Crippen LogP contribution in [0.15, 0.2) is 0 Å². The molecule has 3 nitrogen and oxygen atoms in total. The lowest BCUT2D eigenvalue weighted by molar-refractivity contribution is 0.203. The lowest BCUT2D eigenvalue weighted by Crippen LogP contribution is -2.23. The van der Waals surface area contributed by atoms with Crippen molar-refractivity contribution < 1.29 is 10.2 Å². The zero-order chi connectivity index (χ0) is 7.11. The van der Waals surface area contributed by atoms with Gasteiger partial charge in [-0.1, -0.05) is 0 Å². The number of aliphatic hydroxyl groups is 2. The molecule has 4 heteroatoms. The van der Waals surface area contributed by atoms with Gasteiger partial charge in [-0.3, -0.25) is 0 Å². The molecule has 0 unspecified atom stereocenters. The molecule has 0 saturated carbocycles. The van der Waals surface area contributed by atoms with Crippen molar-refractivity contribution in [2.45, 2.75) is 6.42 Å². The maximum atomic E-state index is 8.43. The highest BCUT2D eigenvalue weighted by Gasteiger charge is 1.93. The summed E-state index contributed by atoms with van der Waals surface area (Å²) in [6.07, 6.45) is 0.788. The van der Waals surface area contributed by atoms with Gasteiger partial charge in [-0.05, 0) is 13.5 Å².